The lowest BCUT2D eigenvalue weighted by atomic mass is 10.3. The second kappa shape index (κ2) is 3.24. The molecule has 0 radical (unpaired) electrons. The van der Waals surface area contributed by atoms with Gasteiger partial charge >= 0.3 is 0 Å². The van der Waals surface area contributed by atoms with E-state index in [4.69, 9.17) is 11.5 Å². The predicted octanol–water partition coefficient (Wildman–Crippen LogP) is -0.260. The molecule has 0 saturated heterocycles. The van der Waals surface area contributed by atoms with E-state index >= 15 is 0 Å². The third kappa shape index (κ3) is 1.35. The van der Waals surface area contributed by atoms with Gasteiger partial charge in [0.15, 0.2) is 0 Å². The highest BCUT2D eigenvalue weighted by Gasteiger charge is 2.16. The van der Waals surface area contributed by atoms with Crippen LogP contribution in [-0.4, -0.2) is 15.7 Å². The minimum atomic E-state index is -0.517. The quantitative estimate of drug-likeness (QED) is 0.737. The average molecular weight is 233 g/mol. The number of aryl methyl sites for hydroxylation is 1. The zero-order valence-corrected chi connectivity index (χ0v) is 8.13. The molecule has 0 aliphatic rings. The summed E-state index contributed by atoms with van der Waals surface area (Å²) in [7, 11) is 1.64. The molecule has 0 spiro atoms. The number of aromatic nitrogens is 2. The number of carbonyl (C=O) groups is 1. The van der Waals surface area contributed by atoms with Crippen LogP contribution in [0.25, 0.3) is 0 Å². The Balaban J connectivity index is 3.28. The second-order valence-electron chi connectivity index (χ2n) is 2.30. The van der Waals surface area contributed by atoms with Crippen molar-refractivity contribution in [3.8, 4) is 0 Å². The van der Waals surface area contributed by atoms with E-state index in [-0.39, 0.29) is 6.54 Å². The van der Waals surface area contributed by atoms with Gasteiger partial charge in [-0.2, -0.15) is 5.10 Å². The van der Waals surface area contributed by atoms with E-state index < -0.39 is 5.91 Å². The van der Waals surface area contributed by atoms with Gasteiger partial charge in [-0.15, -0.1) is 0 Å². The normalized spacial score (nSPS) is 10.2. The molecule has 0 aliphatic heterocycles. The third-order valence-electron chi connectivity index (χ3n) is 1.48. The SMILES string of the molecule is Cn1nc(CN)c(Br)c1C(N)=O. The summed E-state index contributed by atoms with van der Waals surface area (Å²) in [6.45, 7) is 0.279. The Bertz CT molecular complexity index is 320. The van der Waals surface area contributed by atoms with Gasteiger partial charge in [0.2, 0.25) is 0 Å². The van der Waals surface area contributed by atoms with Crippen molar-refractivity contribution in [1.82, 2.24) is 9.78 Å². The summed E-state index contributed by atoms with van der Waals surface area (Å²) < 4.78 is 1.99. The Morgan fingerprint density at radius 2 is 2.33 bits per heavy atom. The molecule has 6 heteroatoms. The second-order valence-corrected chi connectivity index (χ2v) is 3.09. The molecule has 0 unspecified atom stereocenters. The molecule has 0 saturated carbocycles. The molecule has 4 N–H and O–H groups in total. The van der Waals surface area contributed by atoms with E-state index in [0.29, 0.717) is 15.9 Å². The van der Waals surface area contributed by atoms with Crippen LogP contribution in [0.3, 0.4) is 0 Å². The third-order valence-corrected chi connectivity index (χ3v) is 2.32. The van der Waals surface area contributed by atoms with Gasteiger partial charge in [0.25, 0.3) is 5.91 Å². The summed E-state index contributed by atoms with van der Waals surface area (Å²) in [5.74, 6) is -0.517. The summed E-state index contributed by atoms with van der Waals surface area (Å²) in [4.78, 5) is 10.9. The number of amides is 1. The van der Waals surface area contributed by atoms with Crippen LogP contribution in [0.1, 0.15) is 16.2 Å². The predicted molar refractivity (Wildman–Crippen MR) is 47.3 cm³/mol. The van der Waals surface area contributed by atoms with E-state index in [1.165, 1.54) is 4.68 Å². The first-order chi connectivity index (χ1) is 5.57. The van der Waals surface area contributed by atoms with Crippen molar-refractivity contribution in [3.63, 3.8) is 0 Å². The summed E-state index contributed by atoms with van der Waals surface area (Å²) >= 11 is 3.20. The van der Waals surface area contributed by atoms with E-state index in [9.17, 15) is 4.79 Å². The van der Waals surface area contributed by atoms with Crippen LogP contribution in [0.2, 0.25) is 0 Å². The maximum atomic E-state index is 10.9. The first-order valence-corrected chi connectivity index (χ1v) is 4.08. The zero-order valence-electron chi connectivity index (χ0n) is 6.54. The standard InChI is InChI=1S/C6H9BrN4O/c1-11-5(6(9)12)4(7)3(2-8)10-11/h2,8H2,1H3,(H2,9,12). The van der Waals surface area contributed by atoms with Gasteiger partial charge in [-0.05, 0) is 15.9 Å². The molecule has 12 heavy (non-hydrogen) atoms. The summed E-state index contributed by atoms with van der Waals surface area (Å²) in [5, 5.41) is 3.99. The van der Waals surface area contributed by atoms with E-state index in [2.05, 4.69) is 21.0 Å². The van der Waals surface area contributed by atoms with Crippen LogP contribution in [0, 0.1) is 0 Å². The fourth-order valence-corrected chi connectivity index (χ4v) is 1.64. The molecule has 1 amide bonds. The summed E-state index contributed by atoms with van der Waals surface area (Å²) in [5.41, 5.74) is 11.5. The van der Waals surface area contributed by atoms with Crippen molar-refractivity contribution in [2.24, 2.45) is 18.5 Å². The lowest BCUT2D eigenvalue weighted by Gasteiger charge is -1.94. The number of hydrogen-bond acceptors (Lipinski definition) is 3. The van der Waals surface area contributed by atoms with Crippen LogP contribution in [-0.2, 0) is 13.6 Å². The van der Waals surface area contributed by atoms with Gasteiger partial charge in [-0.1, -0.05) is 0 Å². The number of nitrogens with zero attached hydrogens (tertiary/aromatic N) is 2. The van der Waals surface area contributed by atoms with Gasteiger partial charge in [0.05, 0.1) is 10.2 Å². The van der Waals surface area contributed by atoms with Gasteiger partial charge in [-0.25, -0.2) is 0 Å². The molecule has 1 aromatic heterocycles. The monoisotopic (exact) mass is 232 g/mol. The number of nitrogens with two attached hydrogens (primary N) is 2. The summed E-state index contributed by atoms with van der Waals surface area (Å²) in [6, 6.07) is 0. The van der Waals surface area contributed by atoms with Crippen LogP contribution in [0.4, 0.5) is 0 Å². The molecule has 1 aromatic rings. The number of carbonyl (C=O) groups excluding carboxylic acids is 1. The van der Waals surface area contributed by atoms with Gasteiger partial charge in [0.1, 0.15) is 5.69 Å². The molecule has 0 fully saturated rings. The largest absolute Gasteiger partial charge is 0.364 e. The Kier molecular flexibility index (Phi) is 2.49. The smallest absolute Gasteiger partial charge is 0.268 e. The van der Waals surface area contributed by atoms with Crippen LogP contribution in [0.5, 0.6) is 0 Å². The first-order valence-electron chi connectivity index (χ1n) is 3.29. The number of rotatable bonds is 2. The molecule has 0 atom stereocenters. The highest BCUT2D eigenvalue weighted by atomic mass is 79.9. The Morgan fingerprint density at radius 1 is 1.75 bits per heavy atom. The van der Waals surface area contributed by atoms with Gasteiger partial charge in [-0.3, -0.25) is 9.48 Å². The molecular formula is C6H9BrN4O. The van der Waals surface area contributed by atoms with Crippen LogP contribution < -0.4 is 11.5 Å². The fraction of sp³-hybridized carbons (Fsp3) is 0.333. The van der Waals surface area contributed by atoms with Crippen molar-refractivity contribution in [2.75, 3.05) is 0 Å². The molecular weight excluding hydrogens is 224 g/mol. The Labute approximate surface area is 77.8 Å². The van der Waals surface area contributed by atoms with E-state index in [1.54, 1.807) is 7.05 Å². The summed E-state index contributed by atoms with van der Waals surface area (Å²) in [6.07, 6.45) is 0. The number of hydrogen-bond donors (Lipinski definition) is 2. The maximum Gasteiger partial charge on any atom is 0.268 e. The van der Waals surface area contributed by atoms with Crippen molar-refractivity contribution < 1.29 is 4.79 Å². The lowest BCUT2D eigenvalue weighted by molar-refractivity contribution is 0.0990. The highest BCUT2D eigenvalue weighted by molar-refractivity contribution is 9.10. The molecule has 66 valence electrons. The van der Waals surface area contributed by atoms with Crippen molar-refractivity contribution in [3.05, 3.63) is 15.9 Å². The number of halogens is 1. The minimum Gasteiger partial charge on any atom is -0.364 e. The van der Waals surface area contributed by atoms with E-state index in [1.807, 2.05) is 0 Å². The van der Waals surface area contributed by atoms with Crippen molar-refractivity contribution in [1.29, 1.82) is 0 Å². The topological polar surface area (TPSA) is 86.9 Å². The van der Waals surface area contributed by atoms with Crippen LogP contribution >= 0.6 is 15.9 Å². The fourth-order valence-electron chi connectivity index (χ4n) is 0.952. The zero-order chi connectivity index (χ0) is 9.30. The van der Waals surface area contributed by atoms with E-state index in [0.717, 1.165) is 0 Å². The van der Waals surface area contributed by atoms with Crippen molar-refractivity contribution in [2.45, 2.75) is 6.54 Å². The molecule has 5 nitrogen and oxygen atoms in total. The van der Waals surface area contributed by atoms with Crippen molar-refractivity contribution >= 4 is 21.8 Å². The maximum absolute atomic E-state index is 10.9. The van der Waals surface area contributed by atoms with Gasteiger partial charge in [0, 0.05) is 13.6 Å². The molecule has 1 heterocycles. The lowest BCUT2D eigenvalue weighted by Crippen LogP contribution is -2.16. The molecule has 0 bridgehead atoms. The average Bonchev–Trinajstić information content (AvgIpc) is 2.25. The minimum absolute atomic E-state index is 0.279. The molecule has 0 aromatic carbocycles. The Hall–Kier alpha value is -0.880. The van der Waals surface area contributed by atoms with Gasteiger partial charge < -0.3 is 11.5 Å². The highest BCUT2D eigenvalue weighted by Crippen LogP contribution is 2.19. The van der Waals surface area contributed by atoms with Crippen LogP contribution in [0.15, 0.2) is 4.47 Å². The first kappa shape index (κ1) is 9.21. The molecule has 0 aliphatic carbocycles. The Morgan fingerprint density at radius 3 is 2.58 bits per heavy atom. The molecule has 1 rings (SSSR count). The number of primary amides is 1.